The van der Waals surface area contributed by atoms with E-state index in [1.54, 1.807) is 7.05 Å². The van der Waals surface area contributed by atoms with E-state index in [0.29, 0.717) is 13.0 Å². The van der Waals surface area contributed by atoms with Crippen molar-refractivity contribution in [3.63, 3.8) is 0 Å². The molecule has 0 aliphatic rings. The number of amides is 1. The summed E-state index contributed by atoms with van der Waals surface area (Å²) in [7, 11) is 3.08. The summed E-state index contributed by atoms with van der Waals surface area (Å²) in [5.41, 5.74) is 0. The van der Waals surface area contributed by atoms with Gasteiger partial charge in [-0.3, -0.25) is 9.63 Å². The lowest BCUT2D eigenvalue weighted by Crippen LogP contribution is -2.28. The molecule has 0 aliphatic carbocycles. The highest BCUT2D eigenvalue weighted by molar-refractivity contribution is 5.74. The minimum atomic E-state index is -0.00606. The van der Waals surface area contributed by atoms with Gasteiger partial charge in [-0.25, -0.2) is 5.06 Å². The molecule has 66 valence electrons. The summed E-state index contributed by atoms with van der Waals surface area (Å²) in [6, 6.07) is 0. The van der Waals surface area contributed by atoms with Crippen LogP contribution in [0.2, 0.25) is 0 Å². The van der Waals surface area contributed by atoms with E-state index in [1.165, 1.54) is 12.2 Å². The third-order valence-electron chi connectivity index (χ3n) is 1.39. The highest BCUT2D eigenvalue weighted by atomic mass is 16.7. The molecule has 4 heteroatoms. The molecule has 0 aromatic carbocycles. The van der Waals surface area contributed by atoms with E-state index in [9.17, 15) is 4.79 Å². The fourth-order valence-electron chi connectivity index (χ4n) is 0.631. The van der Waals surface area contributed by atoms with Gasteiger partial charge in [0, 0.05) is 20.0 Å². The third kappa shape index (κ3) is 4.75. The van der Waals surface area contributed by atoms with Crippen LogP contribution in [0.3, 0.4) is 0 Å². The van der Waals surface area contributed by atoms with Crippen LogP contribution in [0.1, 0.15) is 13.3 Å². The first kappa shape index (κ1) is 10.4. The predicted molar refractivity (Wildman–Crippen MR) is 42.9 cm³/mol. The van der Waals surface area contributed by atoms with Gasteiger partial charge in [0.1, 0.15) is 0 Å². The topological polar surface area (TPSA) is 41.6 Å². The van der Waals surface area contributed by atoms with Crippen LogP contribution in [-0.2, 0) is 9.63 Å². The maximum Gasteiger partial charge on any atom is 0.247 e. The molecule has 4 nitrogen and oxygen atoms in total. The zero-order chi connectivity index (χ0) is 8.69. The fraction of sp³-hybridized carbons (Fsp3) is 0.857. The lowest BCUT2D eigenvalue weighted by Gasteiger charge is -2.12. The Morgan fingerprint density at radius 3 is 2.73 bits per heavy atom. The molecule has 0 bridgehead atoms. The number of hydroxylamine groups is 2. The molecule has 0 radical (unpaired) electrons. The molecule has 0 fully saturated rings. The minimum Gasteiger partial charge on any atom is -0.316 e. The first-order chi connectivity index (χ1) is 5.22. The number of nitrogens with zero attached hydrogens (tertiary/aromatic N) is 1. The Morgan fingerprint density at radius 2 is 2.27 bits per heavy atom. The zero-order valence-corrected chi connectivity index (χ0v) is 7.39. The second kappa shape index (κ2) is 6.12. The average molecular weight is 160 g/mol. The molecule has 0 rings (SSSR count). The Labute approximate surface area is 67.5 Å². The number of hydrogen-bond acceptors (Lipinski definition) is 3. The Kier molecular flexibility index (Phi) is 5.78. The molecule has 1 N–H and O–H groups in total. The molecule has 0 spiro atoms. The van der Waals surface area contributed by atoms with E-state index < -0.39 is 0 Å². The first-order valence-electron chi connectivity index (χ1n) is 3.73. The maximum atomic E-state index is 11.0. The van der Waals surface area contributed by atoms with Crippen molar-refractivity contribution >= 4 is 5.91 Å². The third-order valence-corrected chi connectivity index (χ3v) is 1.39. The molecule has 0 atom stereocenters. The van der Waals surface area contributed by atoms with Gasteiger partial charge in [0.05, 0.1) is 7.11 Å². The van der Waals surface area contributed by atoms with Gasteiger partial charge in [-0.2, -0.15) is 0 Å². The highest BCUT2D eigenvalue weighted by Gasteiger charge is 2.05. The number of hydrogen-bond donors (Lipinski definition) is 1. The molecule has 0 saturated heterocycles. The quantitative estimate of drug-likeness (QED) is 0.455. The Balaban J connectivity index is 3.36. The summed E-state index contributed by atoms with van der Waals surface area (Å²) < 4.78 is 0. The largest absolute Gasteiger partial charge is 0.316 e. The van der Waals surface area contributed by atoms with Crippen molar-refractivity contribution in [2.24, 2.45) is 0 Å². The van der Waals surface area contributed by atoms with Crippen LogP contribution in [0.4, 0.5) is 0 Å². The molecule has 0 aromatic rings. The van der Waals surface area contributed by atoms with Gasteiger partial charge in [-0.05, 0) is 6.54 Å². The SMILES string of the molecule is CCNCCC(=O)N(C)OC. The summed E-state index contributed by atoms with van der Waals surface area (Å²) in [6.45, 7) is 3.61. The summed E-state index contributed by atoms with van der Waals surface area (Å²) in [4.78, 5) is 15.7. The van der Waals surface area contributed by atoms with Gasteiger partial charge in [0.2, 0.25) is 5.91 Å². The summed E-state index contributed by atoms with van der Waals surface area (Å²) in [5, 5.41) is 4.29. The molecular weight excluding hydrogens is 144 g/mol. The van der Waals surface area contributed by atoms with Crippen molar-refractivity contribution in [1.82, 2.24) is 10.4 Å². The van der Waals surface area contributed by atoms with Crippen LogP contribution >= 0.6 is 0 Å². The number of nitrogens with one attached hydrogen (secondary N) is 1. The van der Waals surface area contributed by atoms with Gasteiger partial charge in [-0.15, -0.1) is 0 Å². The number of carbonyl (C=O) groups is 1. The molecule has 0 saturated carbocycles. The first-order valence-corrected chi connectivity index (χ1v) is 3.73. The van der Waals surface area contributed by atoms with E-state index >= 15 is 0 Å². The standard InChI is InChI=1S/C7H16N2O2/c1-4-8-6-5-7(10)9(2)11-3/h8H,4-6H2,1-3H3. The lowest BCUT2D eigenvalue weighted by molar-refractivity contribution is -0.168. The molecule has 0 aliphatic heterocycles. The summed E-state index contributed by atoms with van der Waals surface area (Å²) in [6.07, 6.45) is 0.484. The van der Waals surface area contributed by atoms with E-state index in [1.807, 2.05) is 6.92 Å². The molecule has 0 unspecified atom stereocenters. The van der Waals surface area contributed by atoms with Gasteiger partial charge in [0.15, 0.2) is 0 Å². The second-order valence-electron chi connectivity index (χ2n) is 2.18. The molecule has 1 amide bonds. The highest BCUT2D eigenvalue weighted by Crippen LogP contribution is 1.88. The van der Waals surface area contributed by atoms with Gasteiger partial charge < -0.3 is 5.32 Å². The van der Waals surface area contributed by atoms with E-state index in [0.717, 1.165) is 6.54 Å². The van der Waals surface area contributed by atoms with Crippen molar-refractivity contribution in [1.29, 1.82) is 0 Å². The van der Waals surface area contributed by atoms with Crippen LogP contribution in [0, 0.1) is 0 Å². The van der Waals surface area contributed by atoms with Crippen LogP contribution in [0.5, 0.6) is 0 Å². The van der Waals surface area contributed by atoms with E-state index in [4.69, 9.17) is 4.84 Å². The van der Waals surface area contributed by atoms with Crippen molar-refractivity contribution in [3.05, 3.63) is 0 Å². The van der Waals surface area contributed by atoms with E-state index in [-0.39, 0.29) is 5.91 Å². The summed E-state index contributed by atoms with van der Waals surface area (Å²) >= 11 is 0. The van der Waals surface area contributed by atoms with Crippen LogP contribution in [-0.4, -0.2) is 38.2 Å². The molecule has 11 heavy (non-hydrogen) atoms. The smallest absolute Gasteiger partial charge is 0.247 e. The minimum absolute atomic E-state index is 0.00606. The fourth-order valence-corrected chi connectivity index (χ4v) is 0.631. The normalized spacial score (nSPS) is 9.73. The Bertz CT molecular complexity index is 117. The zero-order valence-electron chi connectivity index (χ0n) is 7.39. The van der Waals surface area contributed by atoms with Crippen LogP contribution in [0.25, 0.3) is 0 Å². The molecule has 0 heterocycles. The monoisotopic (exact) mass is 160 g/mol. The Hall–Kier alpha value is -0.610. The van der Waals surface area contributed by atoms with Gasteiger partial charge in [-0.1, -0.05) is 6.92 Å². The van der Waals surface area contributed by atoms with E-state index in [2.05, 4.69) is 5.32 Å². The van der Waals surface area contributed by atoms with Crippen LogP contribution in [0.15, 0.2) is 0 Å². The molecule has 0 aromatic heterocycles. The van der Waals surface area contributed by atoms with Crippen molar-refractivity contribution < 1.29 is 9.63 Å². The number of rotatable bonds is 5. The summed E-state index contributed by atoms with van der Waals surface area (Å²) in [5.74, 6) is -0.00606. The van der Waals surface area contributed by atoms with Crippen molar-refractivity contribution in [2.75, 3.05) is 27.2 Å². The van der Waals surface area contributed by atoms with Crippen molar-refractivity contribution in [2.45, 2.75) is 13.3 Å². The maximum absolute atomic E-state index is 11.0. The predicted octanol–water partition coefficient (Wildman–Crippen LogP) is 0.00580. The van der Waals surface area contributed by atoms with Crippen LogP contribution < -0.4 is 5.32 Å². The Morgan fingerprint density at radius 1 is 1.64 bits per heavy atom. The lowest BCUT2D eigenvalue weighted by atomic mass is 10.4. The molecular formula is C7H16N2O2. The second-order valence-corrected chi connectivity index (χ2v) is 2.18. The van der Waals surface area contributed by atoms with Gasteiger partial charge >= 0.3 is 0 Å². The average Bonchev–Trinajstić information content (AvgIpc) is 2.03. The number of carbonyl (C=O) groups excluding carboxylic acids is 1. The van der Waals surface area contributed by atoms with Gasteiger partial charge in [0.25, 0.3) is 0 Å². The van der Waals surface area contributed by atoms with Crippen molar-refractivity contribution in [3.8, 4) is 0 Å².